The zero-order valence-corrected chi connectivity index (χ0v) is 15.9. The van der Waals surface area contributed by atoms with Crippen molar-refractivity contribution >= 4 is 23.4 Å². The maximum absolute atomic E-state index is 13.3. The lowest BCUT2D eigenvalue weighted by molar-refractivity contribution is -0.122. The van der Waals surface area contributed by atoms with E-state index in [0.29, 0.717) is 37.7 Å². The Kier molecular flexibility index (Phi) is 6.59. The molecule has 1 N–H and O–H groups in total. The number of hydrogen-bond donors (Lipinski definition) is 1. The first-order valence-corrected chi connectivity index (χ1v) is 9.28. The molecule has 0 atom stereocenters. The molecule has 1 heterocycles. The van der Waals surface area contributed by atoms with Crippen molar-refractivity contribution in [3.63, 3.8) is 0 Å². The molecule has 1 aliphatic heterocycles. The number of benzene rings is 2. The van der Waals surface area contributed by atoms with Crippen LogP contribution >= 0.6 is 11.6 Å². The minimum absolute atomic E-state index is 0.102. The lowest BCUT2D eigenvalue weighted by atomic mass is 10.1. The molecule has 0 radical (unpaired) electrons. The largest absolute Gasteiger partial charge is 0.351 e. The predicted octanol–water partition coefficient (Wildman–Crippen LogP) is 2.69. The molecule has 3 rings (SSSR count). The fraction of sp³-hybridized carbons (Fsp3) is 0.300. The summed E-state index contributed by atoms with van der Waals surface area (Å²) in [5, 5.41) is 3.50. The van der Waals surface area contributed by atoms with Gasteiger partial charge >= 0.3 is 0 Å². The summed E-state index contributed by atoms with van der Waals surface area (Å²) in [4.78, 5) is 28.1. The molecule has 148 valence electrons. The number of carbonyl (C=O) groups is 2. The number of halogens is 3. The quantitative estimate of drug-likeness (QED) is 0.829. The first-order valence-electron chi connectivity index (χ1n) is 8.90. The maximum Gasteiger partial charge on any atom is 0.254 e. The van der Waals surface area contributed by atoms with E-state index in [4.69, 9.17) is 11.6 Å². The average Bonchev–Trinajstić information content (AvgIpc) is 2.70. The molecule has 0 aliphatic carbocycles. The van der Waals surface area contributed by atoms with Gasteiger partial charge in [-0.2, -0.15) is 0 Å². The highest BCUT2D eigenvalue weighted by molar-refractivity contribution is 6.30. The summed E-state index contributed by atoms with van der Waals surface area (Å²) in [6, 6.07) is 10.4. The normalized spacial score (nSPS) is 14.8. The second-order valence-corrected chi connectivity index (χ2v) is 7.04. The summed E-state index contributed by atoms with van der Waals surface area (Å²) in [7, 11) is 0. The highest BCUT2D eigenvalue weighted by atomic mass is 35.5. The van der Waals surface area contributed by atoms with E-state index >= 15 is 0 Å². The van der Waals surface area contributed by atoms with E-state index in [1.165, 1.54) is 6.07 Å². The molecule has 0 aromatic heterocycles. The molecule has 8 heteroatoms. The molecule has 1 saturated heterocycles. The molecule has 0 spiro atoms. The molecule has 1 aliphatic rings. The Morgan fingerprint density at radius 2 is 1.64 bits per heavy atom. The van der Waals surface area contributed by atoms with Crippen LogP contribution in [0.2, 0.25) is 5.02 Å². The van der Waals surface area contributed by atoms with Gasteiger partial charge in [0.1, 0.15) is 0 Å². The lowest BCUT2D eigenvalue weighted by Crippen LogP contribution is -2.51. The van der Waals surface area contributed by atoms with E-state index < -0.39 is 11.6 Å². The number of rotatable bonds is 5. The smallest absolute Gasteiger partial charge is 0.254 e. The molecule has 1 fully saturated rings. The van der Waals surface area contributed by atoms with Crippen LogP contribution in [-0.4, -0.2) is 54.3 Å². The Morgan fingerprint density at radius 3 is 2.29 bits per heavy atom. The van der Waals surface area contributed by atoms with Gasteiger partial charge in [-0.05, 0) is 35.9 Å². The predicted molar refractivity (Wildman–Crippen MR) is 102 cm³/mol. The number of hydrogen-bond acceptors (Lipinski definition) is 3. The van der Waals surface area contributed by atoms with Crippen LogP contribution in [0, 0.1) is 11.6 Å². The van der Waals surface area contributed by atoms with Gasteiger partial charge in [-0.3, -0.25) is 14.5 Å². The third-order valence-electron chi connectivity index (χ3n) is 4.60. The number of carbonyl (C=O) groups excluding carboxylic acids is 2. The highest BCUT2D eigenvalue weighted by Crippen LogP contribution is 2.13. The monoisotopic (exact) mass is 407 g/mol. The standard InChI is InChI=1S/C20H20ClF2N3O2/c21-16-4-1-14(2-5-16)12-24-19(27)13-25-7-9-26(10-8-25)20(28)15-3-6-17(22)18(23)11-15/h1-6,11H,7-10,12-13H2,(H,24,27). The van der Waals surface area contributed by atoms with Crippen LogP contribution in [0.4, 0.5) is 8.78 Å². The maximum atomic E-state index is 13.3. The van der Waals surface area contributed by atoms with E-state index in [9.17, 15) is 18.4 Å². The second-order valence-electron chi connectivity index (χ2n) is 6.60. The van der Waals surface area contributed by atoms with Crippen molar-refractivity contribution in [1.29, 1.82) is 0 Å². The Labute approximate surface area is 166 Å². The molecule has 2 aromatic carbocycles. The van der Waals surface area contributed by atoms with Crippen LogP contribution in [0.3, 0.4) is 0 Å². The summed E-state index contributed by atoms with van der Waals surface area (Å²) in [6.07, 6.45) is 0. The lowest BCUT2D eigenvalue weighted by Gasteiger charge is -2.34. The topological polar surface area (TPSA) is 52.7 Å². The molecule has 0 saturated carbocycles. The van der Waals surface area contributed by atoms with Crippen molar-refractivity contribution in [3.8, 4) is 0 Å². The van der Waals surface area contributed by atoms with Crippen LogP contribution in [-0.2, 0) is 11.3 Å². The van der Waals surface area contributed by atoms with Crippen LogP contribution in [0.5, 0.6) is 0 Å². The van der Waals surface area contributed by atoms with E-state index in [0.717, 1.165) is 17.7 Å². The Balaban J connectivity index is 1.44. The summed E-state index contributed by atoms with van der Waals surface area (Å²) < 4.78 is 26.3. The van der Waals surface area contributed by atoms with Gasteiger partial charge in [-0.1, -0.05) is 23.7 Å². The highest BCUT2D eigenvalue weighted by Gasteiger charge is 2.23. The van der Waals surface area contributed by atoms with Gasteiger partial charge in [0.15, 0.2) is 11.6 Å². The number of nitrogens with one attached hydrogen (secondary N) is 1. The molecule has 0 bridgehead atoms. The molecule has 28 heavy (non-hydrogen) atoms. The number of piperazine rings is 1. The van der Waals surface area contributed by atoms with Gasteiger partial charge in [0.05, 0.1) is 6.54 Å². The van der Waals surface area contributed by atoms with E-state index in [2.05, 4.69) is 5.32 Å². The van der Waals surface area contributed by atoms with E-state index in [1.54, 1.807) is 17.0 Å². The van der Waals surface area contributed by atoms with Crippen LogP contribution < -0.4 is 5.32 Å². The zero-order valence-electron chi connectivity index (χ0n) is 15.1. The van der Waals surface area contributed by atoms with Crippen molar-refractivity contribution < 1.29 is 18.4 Å². The van der Waals surface area contributed by atoms with Crippen LogP contribution in [0.25, 0.3) is 0 Å². The van der Waals surface area contributed by atoms with Crippen molar-refractivity contribution in [2.75, 3.05) is 32.7 Å². The van der Waals surface area contributed by atoms with Crippen LogP contribution in [0.15, 0.2) is 42.5 Å². The minimum Gasteiger partial charge on any atom is -0.351 e. The van der Waals surface area contributed by atoms with Crippen molar-refractivity contribution in [1.82, 2.24) is 15.1 Å². The first-order chi connectivity index (χ1) is 13.4. The molecular weight excluding hydrogens is 388 g/mol. The number of nitrogens with zero attached hydrogens (tertiary/aromatic N) is 2. The van der Waals surface area contributed by atoms with Gasteiger partial charge < -0.3 is 10.2 Å². The molecule has 0 unspecified atom stereocenters. The fourth-order valence-corrected chi connectivity index (χ4v) is 3.11. The van der Waals surface area contributed by atoms with Gasteiger partial charge in [-0.25, -0.2) is 8.78 Å². The molecule has 2 aromatic rings. The SMILES string of the molecule is O=C(CN1CCN(C(=O)c2ccc(F)c(F)c2)CC1)NCc1ccc(Cl)cc1. The van der Waals surface area contributed by atoms with Gasteiger partial charge in [0, 0.05) is 43.3 Å². The van der Waals surface area contributed by atoms with Gasteiger partial charge in [0.2, 0.25) is 5.91 Å². The summed E-state index contributed by atoms with van der Waals surface area (Å²) in [5.41, 5.74) is 1.08. The van der Waals surface area contributed by atoms with Crippen molar-refractivity contribution in [3.05, 3.63) is 70.2 Å². The fourth-order valence-electron chi connectivity index (χ4n) is 2.98. The van der Waals surface area contributed by atoms with Gasteiger partial charge in [-0.15, -0.1) is 0 Å². The summed E-state index contributed by atoms with van der Waals surface area (Å²) in [5.74, 6) is -2.46. The molecular formula is C20H20ClF2N3O2. The third-order valence-corrected chi connectivity index (χ3v) is 4.85. The van der Waals surface area contributed by atoms with Crippen molar-refractivity contribution in [2.45, 2.75) is 6.54 Å². The zero-order chi connectivity index (χ0) is 20.1. The van der Waals surface area contributed by atoms with E-state index in [-0.39, 0.29) is 23.9 Å². The average molecular weight is 408 g/mol. The second kappa shape index (κ2) is 9.12. The Bertz CT molecular complexity index is 853. The number of amides is 2. The Hall–Kier alpha value is -2.51. The van der Waals surface area contributed by atoms with Gasteiger partial charge in [0.25, 0.3) is 5.91 Å². The van der Waals surface area contributed by atoms with E-state index in [1.807, 2.05) is 17.0 Å². The molecule has 2 amide bonds. The minimum atomic E-state index is -1.04. The Morgan fingerprint density at radius 1 is 0.964 bits per heavy atom. The molecule has 5 nitrogen and oxygen atoms in total. The summed E-state index contributed by atoms with van der Waals surface area (Å²) >= 11 is 5.83. The summed E-state index contributed by atoms with van der Waals surface area (Å²) in [6.45, 7) is 2.56. The third kappa shape index (κ3) is 5.27. The van der Waals surface area contributed by atoms with Crippen LogP contribution in [0.1, 0.15) is 15.9 Å². The van der Waals surface area contributed by atoms with Crippen molar-refractivity contribution in [2.24, 2.45) is 0 Å². The first kappa shape index (κ1) is 20.2.